The number of aryl methyl sites for hydroxylation is 1. The van der Waals surface area contributed by atoms with Crippen LogP contribution in [0, 0.1) is 0 Å². The quantitative estimate of drug-likeness (QED) is 0.430. The smallest absolute Gasteiger partial charge is 0.264 e. The molecule has 1 heterocycles. The third kappa shape index (κ3) is 3.84. The standard InChI is InChI=1S/C12H15N3O4S/c1-20(17,18)19-7-3-2-6-15-12-5-4-10(9-16)8-11(12)13-14-15/h4-5,8-9H,2-3,6-7H2,1H3. The van der Waals surface area contributed by atoms with Gasteiger partial charge in [0.15, 0.2) is 0 Å². The lowest BCUT2D eigenvalue weighted by atomic mass is 10.2. The minimum Gasteiger partial charge on any atom is -0.298 e. The molecule has 0 bridgehead atoms. The van der Waals surface area contributed by atoms with E-state index < -0.39 is 10.1 Å². The fraction of sp³-hybridized carbons (Fsp3) is 0.417. The van der Waals surface area contributed by atoms with Gasteiger partial charge in [-0.1, -0.05) is 5.21 Å². The Hall–Kier alpha value is -1.80. The van der Waals surface area contributed by atoms with Crippen LogP contribution in [0.2, 0.25) is 0 Å². The molecule has 1 aromatic heterocycles. The van der Waals surface area contributed by atoms with Crippen LogP contribution in [0.4, 0.5) is 0 Å². The molecule has 2 aromatic rings. The number of hydrogen-bond donors (Lipinski definition) is 0. The molecule has 0 aliphatic heterocycles. The molecule has 8 heteroatoms. The van der Waals surface area contributed by atoms with Crippen LogP contribution < -0.4 is 0 Å². The van der Waals surface area contributed by atoms with Crippen LogP contribution in [0.1, 0.15) is 23.2 Å². The largest absolute Gasteiger partial charge is 0.298 e. The molecule has 0 saturated carbocycles. The van der Waals surface area contributed by atoms with Crippen molar-refractivity contribution in [2.45, 2.75) is 19.4 Å². The van der Waals surface area contributed by atoms with Gasteiger partial charge in [0.1, 0.15) is 11.8 Å². The molecule has 0 radical (unpaired) electrons. The summed E-state index contributed by atoms with van der Waals surface area (Å²) < 4.78 is 27.9. The molecule has 0 amide bonds. The Morgan fingerprint density at radius 1 is 1.35 bits per heavy atom. The molecule has 0 aliphatic carbocycles. The molecular weight excluding hydrogens is 282 g/mol. The summed E-state index contributed by atoms with van der Waals surface area (Å²) in [6.45, 7) is 0.783. The summed E-state index contributed by atoms with van der Waals surface area (Å²) in [5.74, 6) is 0. The number of unbranched alkanes of at least 4 members (excludes halogenated alkanes) is 1. The molecule has 0 fully saturated rings. The molecular formula is C12H15N3O4S. The van der Waals surface area contributed by atoms with E-state index in [1.165, 1.54) is 0 Å². The zero-order valence-electron chi connectivity index (χ0n) is 11.0. The first-order valence-corrected chi connectivity index (χ1v) is 7.94. The van der Waals surface area contributed by atoms with E-state index in [2.05, 4.69) is 14.5 Å². The van der Waals surface area contributed by atoms with Crippen molar-refractivity contribution in [2.24, 2.45) is 0 Å². The lowest BCUT2D eigenvalue weighted by Gasteiger charge is -2.03. The summed E-state index contributed by atoms with van der Waals surface area (Å²) in [5, 5.41) is 8.00. The van der Waals surface area contributed by atoms with Gasteiger partial charge in [0.05, 0.1) is 18.4 Å². The number of fused-ring (bicyclic) bond motifs is 1. The normalized spacial score (nSPS) is 11.8. The van der Waals surface area contributed by atoms with E-state index in [0.29, 0.717) is 24.0 Å². The van der Waals surface area contributed by atoms with Gasteiger partial charge in [-0.25, -0.2) is 4.68 Å². The molecule has 0 aliphatic rings. The summed E-state index contributed by atoms with van der Waals surface area (Å²) in [6, 6.07) is 5.19. The van der Waals surface area contributed by atoms with Crippen molar-refractivity contribution in [2.75, 3.05) is 12.9 Å². The highest BCUT2D eigenvalue weighted by Crippen LogP contribution is 2.13. The van der Waals surface area contributed by atoms with E-state index in [0.717, 1.165) is 24.5 Å². The van der Waals surface area contributed by atoms with Gasteiger partial charge in [-0.2, -0.15) is 8.42 Å². The third-order valence-corrected chi connectivity index (χ3v) is 3.33. The number of benzene rings is 1. The van der Waals surface area contributed by atoms with Crippen molar-refractivity contribution in [3.8, 4) is 0 Å². The van der Waals surface area contributed by atoms with Gasteiger partial charge >= 0.3 is 0 Å². The van der Waals surface area contributed by atoms with Gasteiger partial charge in [0.25, 0.3) is 10.1 Å². The van der Waals surface area contributed by atoms with Gasteiger partial charge in [-0.05, 0) is 31.0 Å². The molecule has 1 aromatic carbocycles. The van der Waals surface area contributed by atoms with Crippen LogP contribution in [0.5, 0.6) is 0 Å². The highest BCUT2D eigenvalue weighted by molar-refractivity contribution is 7.85. The third-order valence-electron chi connectivity index (χ3n) is 2.74. The number of hydrogen-bond acceptors (Lipinski definition) is 6. The lowest BCUT2D eigenvalue weighted by Crippen LogP contribution is -2.06. The minimum atomic E-state index is -3.37. The molecule has 0 saturated heterocycles. The van der Waals surface area contributed by atoms with E-state index in [4.69, 9.17) is 0 Å². The summed E-state index contributed by atoms with van der Waals surface area (Å²) in [5.41, 5.74) is 2.08. The fourth-order valence-electron chi connectivity index (χ4n) is 1.80. The van der Waals surface area contributed by atoms with Crippen LogP contribution in [-0.4, -0.2) is 42.6 Å². The van der Waals surface area contributed by atoms with Crippen LogP contribution in [0.3, 0.4) is 0 Å². The first kappa shape index (κ1) is 14.6. The van der Waals surface area contributed by atoms with Crippen molar-refractivity contribution in [1.82, 2.24) is 15.0 Å². The van der Waals surface area contributed by atoms with E-state index in [-0.39, 0.29) is 6.61 Å². The van der Waals surface area contributed by atoms with Crippen molar-refractivity contribution < 1.29 is 17.4 Å². The molecule has 20 heavy (non-hydrogen) atoms. The van der Waals surface area contributed by atoms with E-state index in [9.17, 15) is 13.2 Å². The lowest BCUT2D eigenvalue weighted by molar-refractivity contribution is 0.112. The molecule has 0 unspecified atom stereocenters. The van der Waals surface area contributed by atoms with Gasteiger partial charge in [0, 0.05) is 12.1 Å². The Bertz CT molecular complexity index is 709. The minimum absolute atomic E-state index is 0.167. The molecule has 0 N–H and O–H groups in total. The SMILES string of the molecule is CS(=O)(=O)OCCCCn1nnc2cc(C=O)ccc21. The Kier molecular flexibility index (Phi) is 4.46. The van der Waals surface area contributed by atoms with E-state index in [1.807, 2.05) is 0 Å². The molecule has 108 valence electrons. The molecule has 0 spiro atoms. The summed E-state index contributed by atoms with van der Waals surface area (Å²) >= 11 is 0. The number of carbonyl (C=O) groups is 1. The second kappa shape index (κ2) is 6.10. The second-order valence-electron chi connectivity index (χ2n) is 4.41. The van der Waals surface area contributed by atoms with Crippen LogP contribution in [-0.2, 0) is 20.8 Å². The maximum Gasteiger partial charge on any atom is 0.264 e. The van der Waals surface area contributed by atoms with Crippen molar-refractivity contribution in [3.05, 3.63) is 23.8 Å². The average molecular weight is 297 g/mol. The van der Waals surface area contributed by atoms with Crippen molar-refractivity contribution in [3.63, 3.8) is 0 Å². The summed E-state index contributed by atoms with van der Waals surface area (Å²) in [6.07, 6.45) is 3.13. The average Bonchev–Trinajstić information content (AvgIpc) is 2.79. The van der Waals surface area contributed by atoms with E-state index in [1.54, 1.807) is 22.9 Å². The maximum absolute atomic E-state index is 10.8. The van der Waals surface area contributed by atoms with Crippen molar-refractivity contribution in [1.29, 1.82) is 0 Å². The second-order valence-corrected chi connectivity index (χ2v) is 6.06. The van der Waals surface area contributed by atoms with Crippen molar-refractivity contribution >= 4 is 27.4 Å². The highest BCUT2D eigenvalue weighted by Gasteiger charge is 2.05. The Morgan fingerprint density at radius 3 is 2.85 bits per heavy atom. The Balaban J connectivity index is 1.92. The number of rotatable bonds is 7. The van der Waals surface area contributed by atoms with E-state index >= 15 is 0 Å². The predicted molar refractivity (Wildman–Crippen MR) is 72.9 cm³/mol. The maximum atomic E-state index is 10.8. The number of aldehydes is 1. The zero-order valence-corrected chi connectivity index (χ0v) is 11.8. The first-order chi connectivity index (χ1) is 9.49. The molecule has 7 nitrogen and oxygen atoms in total. The van der Waals surface area contributed by atoms with Gasteiger partial charge in [-0.15, -0.1) is 5.10 Å². The predicted octanol–water partition coefficient (Wildman–Crippen LogP) is 1.00. The van der Waals surface area contributed by atoms with Crippen LogP contribution in [0.15, 0.2) is 18.2 Å². The molecule has 2 rings (SSSR count). The topological polar surface area (TPSA) is 91.2 Å². The highest BCUT2D eigenvalue weighted by atomic mass is 32.2. The first-order valence-electron chi connectivity index (χ1n) is 6.12. The summed E-state index contributed by atoms with van der Waals surface area (Å²) in [4.78, 5) is 10.7. The summed E-state index contributed by atoms with van der Waals surface area (Å²) in [7, 11) is -3.37. The fourth-order valence-corrected chi connectivity index (χ4v) is 2.22. The van der Waals surface area contributed by atoms with Crippen LogP contribution in [0.25, 0.3) is 11.0 Å². The van der Waals surface area contributed by atoms with Gasteiger partial charge in [-0.3, -0.25) is 8.98 Å². The van der Waals surface area contributed by atoms with Gasteiger partial charge < -0.3 is 0 Å². The number of carbonyl (C=O) groups excluding carboxylic acids is 1. The number of nitrogens with zero attached hydrogens (tertiary/aromatic N) is 3. The Labute approximate surface area is 116 Å². The van der Waals surface area contributed by atoms with Crippen LogP contribution >= 0.6 is 0 Å². The zero-order chi connectivity index (χ0) is 14.6. The number of aromatic nitrogens is 3. The molecule has 0 atom stereocenters. The Morgan fingerprint density at radius 2 is 2.15 bits per heavy atom. The van der Waals surface area contributed by atoms with Gasteiger partial charge in [0.2, 0.25) is 0 Å². The monoisotopic (exact) mass is 297 g/mol.